The van der Waals surface area contributed by atoms with Gasteiger partial charge in [0.2, 0.25) is 11.8 Å². The number of amides is 2. The first-order valence-corrected chi connectivity index (χ1v) is 10.9. The van der Waals surface area contributed by atoms with Crippen molar-refractivity contribution in [2.45, 2.75) is 32.6 Å². The second-order valence-corrected chi connectivity index (χ2v) is 9.41. The monoisotopic (exact) mass is 447 g/mol. The molecule has 1 aliphatic heterocycles. The molecule has 1 saturated carbocycles. The van der Waals surface area contributed by atoms with Crippen LogP contribution in [0.3, 0.4) is 0 Å². The molecule has 0 unspecified atom stereocenters. The highest BCUT2D eigenvalue weighted by Crippen LogP contribution is 2.34. The van der Waals surface area contributed by atoms with Gasteiger partial charge in [-0.1, -0.05) is 28.1 Å². The van der Waals surface area contributed by atoms with Gasteiger partial charge in [-0.25, -0.2) is 4.98 Å². The molecule has 1 aromatic carbocycles. The molecule has 1 N–H and O–H groups in total. The highest BCUT2D eigenvalue weighted by molar-refractivity contribution is 9.10. The van der Waals surface area contributed by atoms with Crippen LogP contribution in [0.15, 0.2) is 28.7 Å². The summed E-state index contributed by atoms with van der Waals surface area (Å²) < 4.78 is 1.03. The summed E-state index contributed by atoms with van der Waals surface area (Å²) in [4.78, 5) is 32.4. The topological polar surface area (TPSA) is 62.3 Å². The zero-order chi connectivity index (χ0) is 19.0. The summed E-state index contributed by atoms with van der Waals surface area (Å²) in [5.41, 5.74) is 1.95. The van der Waals surface area contributed by atoms with Crippen molar-refractivity contribution in [1.82, 2.24) is 9.88 Å². The number of piperidine rings is 1. The van der Waals surface area contributed by atoms with Crippen LogP contribution in [0.4, 0.5) is 5.13 Å². The number of benzene rings is 1. The molecular weight excluding hydrogens is 426 g/mol. The van der Waals surface area contributed by atoms with Gasteiger partial charge >= 0.3 is 0 Å². The Labute approximate surface area is 171 Å². The van der Waals surface area contributed by atoms with Crippen LogP contribution in [-0.4, -0.2) is 34.8 Å². The summed E-state index contributed by atoms with van der Waals surface area (Å²) in [6.45, 7) is 3.40. The summed E-state index contributed by atoms with van der Waals surface area (Å²) in [5.74, 6) is 0.507. The van der Waals surface area contributed by atoms with E-state index < -0.39 is 0 Å². The smallest absolute Gasteiger partial charge is 0.229 e. The minimum Gasteiger partial charge on any atom is -0.342 e. The van der Waals surface area contributed by atoms with Gasteiger partial charge in [0.15, 0.2) is 5.13 Å². The van der Waals surface area contributed by atoms with E-state index in [2.05, 4.69) is 26.2 Å². The van der Waals surface area contributed by atoms with E-state index in [1.54, 1.807) is 0 Å². The van der Waals surface area contributed by atoms with E-state index in [1.807, 2.05) is 36.1 Å². The summed E-state index contributed by atoms with van der Waals surface area (Å²) in [6.07, 6.45) is 3.52. The SMILES string of the molecule is Cc1sc(NC(=O)C2CCN(C(=O)C3CC3)CC2)nc1-c1ccc(Br)cc1. The molecule has 4 rings (SSSR count). The van der Waals surface area contributed by atoms with Crippen molar-refractivity contribution in [3.05, 3.63) is 33.6 Å². The van der Waals surface area contributed by atoms with Crippen LogP contribution in [-0.2, 0) is 9.59 Å². The third-order valence-electron chi connectivity index (χ3n) is 5.25. The Morgan fingerprint density at radius 3 is 2.41 bits per heavy atom. The van der Waals surface area contributed by atoms with Gasteiger partial charge in [-0.05, 0) is 44.7 Å². The first kappa shape index (κ1) is 18.6. The predicted molar refractivity (Wildman–Crippen MR) is 111 cm³/mol. The largest absolute Gasteiger partial charge is 0.342 e. The van der Waals surface area contributed by atoms with E-state index in [0.717, 1.165) is 46.3 Å². The van der Waals surface area contributed by atoms with Crippen LogP contribution in [0.25, 0.3) is 11.3 Å². The highest BCUT2D eigenvalue weighted by atomic mass is 79.9. The van der Waals surface area contributed by atoms with Crippen LogP contribution >= 0.6 is 27.3 Å². The van der Waals surface area contributed by atoms with Crippen LogP contribution in [0.2, 0.25) is 0 Å². The van der Waals surface area contributed by atoms with Crippen LogP contribution < -0.4 is 5.32 Å². The molecule has 0 bridgehead atoms. The zero-order valence-corrected chi connectivity index (χ0v) is 17.6. The van der Waals surface area contributed by atoms with Crippen molar-refractivity contribution in [2.75, 3.05) is 18.4 Å². The lowest BCUT2D eigenvalue weighted by molar-refractivity contribution is -0.135. The maximum atomic E-state index is 12.6. The van der Waals surface area contributed by atoms with E-state index in [-0.39, 0.29) is 23.7 Å². The maximum Gasteiger partial charge on any atom is 0.229 e. The Balaban J connectivity index is 1.36. The minimum absolute atomic E-state index is 0.0182. The Hall–Kier alpha value is -1.73. The lowest BCUT2D eigenvalue weighted by Crippen LogP contribution is -2.42. The lowest BCUT2D eigenvalue weighted by Gasteiger charge is -2.31. The fourth-order valence-electron chi connectivity index (χ4n) is 3.48. The van der Waals surface area contributed by atoms with Gasteiger partial charge in [0.25, 0.3) is 0 Å². The number of anilines is 1. The molecule has 2 heterocycles. The van der Waals surface area contributed by atoms with E-state index in [4.69, 9.17) is 0 Å². The van der Waals surface area contributed by atoms with Crippen molar-refractivity contribution in [3.8, 4) is 11.3 Å². The average molecular weight is 448 g/mol. The molecule has 1 aromatic heterocycles. The molecule has 0 atom stereocenters. The Kier molecular flexibility index (Phi) is 5.32. The van der Waals surface area contributed by atoms with Gasteiger partial charge in [0.05, 0.1) is 5.69 Å². The number of rotatable bonds is 4. The zero-order valence-electron chi connectivity index (χ0n) is 15.2. The molecule has 2 fully saturated rings. The van der Waals surface area contributed by atoms with Crippen molar-refractivity contribution in [1.29, 1.82) is 0 Å². The van der Waals surface area contributed by atoms with E-state index >= 15 is 0 Å². The van der Waals surface area contributed by atoms with Gasteiger partial charge in [-0.15, -0.1) is 11.3 Å². The first-order valence-electron chi connectivity index (χ1n) is 9.34. The third kappa shape index (κ3) is 4.24. The number of halogens is 1. The van der Waals surface area contributed by atoms with E-state index in [0.29, 0.717) is 18.2 Å². The number of aromatic nitrogens is 1. The number of aryl methyl sites for hydroxylation is 1. The van der Waals surface area contributed by atoms with Crippen molar-refractivity contribution in [2.24, 2.45) is 11.8 Å². The molecule has 0 radical (unpaired) electrons. The number of hydrogen-bond donors (Lipinski definition) is 1. The van der Waals surface area contributed by atoms with Crippen molar-refractivity contribution in [3.63, 3.8) is 0 Å². The predicted octanol–water partition coefficient (Wildman–Crippen LogP) is 4.47. The number of carbonyl (C=O) groups excluding carboxylic acids is 2. The quantitative estimate of drug-likeness (QED) is 0.751. The number of nitrogens with one attached hydrogen (secondary N) is 1. The molecule has 2 aliphatic rings. The molecule has 7 heteroatoms. The van der Waals surface area contributed by atoms with Gasteiger partial charge in [-0.3, -0.25) is 9.59 Å². The normalized spacial score (nSPS) is 17.8. The Bertz CT molecular complexity index is 853. The van der Waals surface area contributed by atoms with E-state index in [1.165, 1.54) is 11.3 Å². The fourth-order valence-corrected chi connectivity index (χ4v) is 4.59. The Morgan fingerprint density at radius 1 is 1.11 bits per heavy atom. The molecular formula is C20H22BrN3O2S. The molecule has 142 valence electrons. The van der Waals surface area contributed by atoms with Crippen LogP contribution in [0, 0.1) is 18.8 Å². The maximum absolute atomic E-state index is 12.6. The van der Waals surface area contributed by atoms with Crippen molar-refractivity contribution >= 4 is 44.2 Å². The number of likely N-dealkylation sites (tertiary alicyclic amines) is 1. The van der Waals surface area contributed by atoms with Crippen LogP contribution in [0.1, 0.15) is 30.6 Å². The van der Waals surface area contributed by atoms with E-state index in [9.17, 15) is 9.59 Å². The highest BCUT2D eigenvalue weighted by Gasteiger charge is 2.36. The Morgan fingerprint density at radius 2 is 1.78 bits per heavy atom. The summed E-state index contributed by atoms with van der Waals surface area (Å²) >= 11 is 4.95. The van der Waals surface area contributed by atoms with Crippen LogP contribution in [0.5, 0.6) is 0 Å². The summed E-state index contributed by atoms with van der Waals surface area (Å²) in [6, 6.07) is 8.01. The molecule has 5 nitrogen and oxygen atoms in total. The number of thiazole rings is 1. The number of carbonyl (C=O) groups is 2. The van der Waals surface area contributed by atoms with Crippen molar-refractivity contribution < 1.29 is 9.59 Å². The summed E-state index contributed by atoms with van der Waals surface area (Å²) in [7, 11) is 0. The molecule has 27 heavy (non-hydrogen) atoms. The second-order valence-electron chi connectivity index (χ2n) is 7.29. The second kappa shape index (κ2) is 7.72. The third-order valence-corrected chi connectivity index (χ3v) is 6.66. The summed E-state index contributed by atoms with van der Waals surface area (Å²) in [5, 5.41) is 3.63. The average Bonchev–Trinajstić information content (AvgIpc) is 3.46. The first-order chi connectivity index (χ1) is 13.0. The van der Waals surface area contributed by atoms with Gasteiger partial charge in [0, 0.05) is 39.8 Å². The molecule has 1 saturated heterocycles. The van der Waals surface area contributed by atoms with Gasteiger partial charge in [0.1, 0.15) is 0 Å². The molecule has 1 aliphatic carbocycles. The lowest BCUT2D eigenvalue weighted by atomic mass is 9.95. The molecule has 2 aromatic rings. The molecule has 2 amide bonds. The number of hydrogen-bond acceptors (Lipinski definition) is 4. The molecule has 0 spiro atoms. The number of nitrogens with zero attached hydrogens (tertiary/aromatic N) is 2. The fraction of sp³-hybridized carbons (Fsp3) is 0.450. The standard InChI is InChI=1S/C20H22BrN3O2S/c1-12-17(13-4-6-16(21)7-5-13)22-20(27-12)23-18(25)14-8-10-24(11-9-14)19(26)15-2-3-15/h4-7,14-15H,2-3,8-11H2,1H3,(H,22,23,25). The minimum atomic E-state index is -0.0476. The van der Waals surface area contributed by atoms with Gasteiger partial charge < -0.3 is 10.2 Å². The van der Waals surface area contributed by atoms with Gasteiger partial charge in [-0.2, -0.15) is 0 Å².